The largest absolute Gasteiger partial charge is 0.481 e. The number of hydrogen-bond donors (Lipinski definition) is 2. The van der Waals surface area contributed by atoms with E-state index < -0.39 is 5.97 Å². The Labute approximate surface area is 107 Å². The molecule has 5 nitrogen and oxygen atoms in total. The molecule has 0 unspecified atom stereocenters. The van der Waals surface area contributed by atoms with Gasteiger partial charge >= 0.3 is 5.97 Å². The van der Waals surface area contributed by atoms with E-state index in [-0.39, 0.29) is 17.2 Å². The van der Waals surface area contributed by atoms with Gasteiger partial charge in [-0.15, -0.1) is 0 Å². The fraction of sp³-hybridized carbons (Fsp3) is 0.846. The number of carbonyl (C=O) groups is 2. The maximum Gasteiger partial charge on any atom is 0.310 e. The molecule has 0 spiro atoms. The Kier molecular flexibility index (Phi) is 3.90. The van der Waals surface area contributed by atoms with Gasteiger partial charge in [0.25, 0.3) is 0 Å². The Morgan fingerprint density at radius 1 is 1.22 bits per heavy atom. The summed E-state index contributed by atoms with van der Waals surface area (Å²) in [5.74, 6) is -1.08. The predicted octanol–water partition coefficient (Wildman–Crippen LogP) is 0.829. The Balaban J connectivity index is 1.85. The van der Waals surface area contributed by atoms with Gasteiger partial charge in [-0.3, -0.25) is 9.59 Å². The number of hydrogen-bond acceptors (Lipinski definition) is 3. The lowest BCUT2D eigenvalue weighted by molar-refractivity contribution is -0.153. The number of likely N-dealkylation sites (tertiary alicyclic amines) is 1. The van der Waals surface area contributed by atoms with Gasteiger partial charge in [0.15, 0.2) is 0 Å². The summed E-state index contributed by atoms with van der Waals surface area (Å²) in [5.41, 5.74) is 5.83. The second-order valence-corrected chi connectivity index (χ2v) is 5.78. The molecule has 5 heteroatoms. The molecule has 18 heavy (non-hydrogen) atoms. The molecule has 1 saturated carbocycles. The van der Waals surface area contributed by atoms with E-state index in [1.807, 2.05) is 0 Å². The molecule has 0 atom stereocenters. The molecular weight excluding hydrogens is 232 g/mol. The Morgan fingerprint density at radius 3 is 2.33 bits per heavy atom. The highest BCUT2D eigenvalue weighted by Gasteiger charge is 2.39. The molecule has 0 radical (unpaired) electrons. The van der Waals surface area contributed by atoms with E-state index >= 15 is 0 Å². The maximum absolute atomic E-state index is 12.1. The van der Waals surface area contributed by atoms with Crippen LogP contribution in [0.1, 0.15) is 38.5 Å². The zero-order valence-electron chi connectivity index (χ0n) is 10.7. The molecule has 2 aliphatic rings. The van der Waals surface area contributed by atoms with Crippen molar-refractivity contribution in [2.24, 2.45) is 17.1 Å². The first kappa shape index (κ1) is 13.3. The zero-order valence-corrected chi connectivity index (χ0v) is 10.7. The molecule has 102 valence electrons. The average molecular weight is 254 g/mol. The summed E-state index contributed by atoms with van der Waals surface area (Å²) in [6, 6.07) is 0. The number of rotatable bonds is 4. The topological polar surface area (TPSA) is 83.6 Å². The first-order chi connectivity index (χ1) is 8.56. The molecule has 2 fully saturated rings. The first-order valence-electron chi connectivity index (χ1n) is 6.77. The third kappa shape index (κ3) is 2.66. The minimum atomic E-state index is -0.801. The molecule has 0 aromatic carbocycles. The van der Waals surface area contributed by atoms with E-state index in [0.29, 0.717) is 26.1 Å². The van der Waals surface area contributed by atoms with Gasteiger partial charge in [-0.2, -0.15) is 0 Å². The highest BCUT2D eigenvalue weighted by molar-refractivity contribution is 5.81. The molecule has 0 bridgehead atoms. The van der Waals surface area contributed by atoms with Gasteiger partial charge in [0.1, 0.15) is 0 Å². The van der Waals surface area contributed by atoms with Crippen molar-refractivity contribution >= 4 is 11.9 Å². The second-order valence-electron chi connectivity index (χ2n) is 5.78. The highest BCUT2D eigenvalue weighted by atomic mass is 16.4. The van der Waals surface area contributed by atoms with Crippen LogP contribution in [0.25, 0.3) is 0 Å². The average Bonchev–Trinajstić information content (AvgIpc) is 2.27. The van der Waals surface area contributed by atoms with Gasteiger partial charge in [0, 0.05) is 19.5 Å². The van der Waals surface area contributed by atoms with Crippen molar-refractivity contribution in [1.29, 1.82) is 0 Å². The Morgan fingerprint density at radius 2 is 1.83 bits per heavy atom. The fourth-order valence-electron chi connectivity index (χ4n) is 3.03. The number of carboxylic acids is 1. The van der Waals surface area contributed by atoms with E-state index in [0.717, 1.165) is 25.7 Å². The van der Waals surface area contributed by atoms with Crippen LogP contribution in [0.4, 0.5) is 0 Å². The summed E-state index contributed by atoms with van der Waals surface area (Å²) in [6.45, 7) is 1.30. The van der Waals surface area contributed by atoms with Crippen LogP contribution in [0.3, 0.4) is 0 Å². The molecule has 1 aliphatic carbocycles. The minimum absolute atomic E-state index is 0.0242. The number of aliphatic carboxylic acids is 1. The minimum Gasteiger partial charge on any atom is -0.481 e. The van der Waals surface area contributed by atoms with Crippen LogP contribution in [-0.4, -0.2) is 41.5 Å². The quantitative estimate of drug-likeness (QED) is 0.778. The lowest BCUT2D eigenvalue weighted by Crippen LogP contribution is -2.54. The normalized spacial score (nSPS) is 23.5. The Bertz CT molecular complexity index is 331. The molecule has 1 saturated heterocycles. The van der Waals surface area contributed by atoms with Crippen molar-refractivity contribution in [3.8, 4) is 0 Å². The van der Waals surface area contributed by atoms with Crippen LogP contribution in [-0.2, 0) is 9.59 Å². The van der Waals surface area contributed by atoms with E-state index in [4.69, 9.17) is 10.8 Å². The summed E-state index contributed by atoms with van der Waals surface area (Å²) in [4.78, 5) is 24.5. The van der Waals surface area contributed by atoms with E-state index in [9.17, 15) is 9.59 Å². The van der Waals surface area contributed by atoms with Crippen LogP contribution in [0.15, 0.2) is 0 Å². The molecule has 0 aromatic rings. The molecule has 3 N–H and O–H groups in total. The number of carbonyl (C=O) groups excluding carboxylic acids is 1. The Hall–Kier alpha value is -1.10. The molecular formula is C13H22N2O3. The number of nitrogens with zero attached hydrogens (tertiary/aromatic N) is 1. The first-order valence-corrected chi connectivity index (χ1v) is 6.77. The van der Waals surface area contributed by atoms with Crippen molar-refractivity contribution in [3.05, 3.63) is 0 Å². The number of amides is 1. The predicted molar refractivity (Wildman–Crippen MR) is 66.9 cm³/mol. The summed E-state index contributed by atoms with van der Waals surface area (Å²) in [6.07, 6.45) is 6.11. The zero-order chi connectivity index (χ0) is 13.2. The van der Waals surface area contributed by atoms with Crippen LogP contribution in [0, 0.1) is 11.3 Å². The van der Waals surface area contributed by atoms with Gasteiger partial charge in [-0.25, -0.2) is 0 Å². The molecule has 0 aromatic heterocycles. The van der Waals surface area contributed by atoms with Crippen LogP contribution in [0.2, 0.25) is 0 Å². The number of nitrogens with two attached hydrogens (primary N) is 1. The van der Waals surface area contributed by atoms with Gasteiger partial charge in [0.2, 0.25) is 5.91 Å². The van der Waals surface area contributed by atoms with E-state index in [2.05, 4.69) is 0 Å². The standard InChI is InChI=1S/C13H22N2O3/c14-9-13(4-2-1-3-5-13)6-11(16)15-7-10(8-15)12(17)18/h10H,1-9,14H2,(H,17,18). The lowest BCUT2D eigenvalue weighted by atomic mass is 9.71. The lowest BCUT2D eigenvalue weighted by Gasteiger charge is -2.41. The van der Waals surface area contributed by atoms with Gasteiger partial charge in [-0.05, 0) is 24.8 Å². The van der Waals surface area contributed by atoms with Crippen molar-refractivity contribution in [3.63, 3.8) is 0 Å². The SMILES string of the molecule is NCC1(CC(=O)N2CC(C(=O)O)C2)CCCCC1. The number of carboxylic acid groups (broad SMARTS) is 1. The van der Waals surface area contributed by atoms with E-state index in [1.165, 1.54) is 6.42 Å². The third-order valence-electron chi connectivity index (χ3n) is 4.46. The summed E-state index contributed by atoms with van der Waals surface area (Å²) < 4.78 is 0. The molecule has 1 aliphatic heterocycles. The summed E-state index contributed by atoms with van der Waals surface area (Å²) >= 11 is 0. The van der Waals surface area contributed by atoms with Gasteiger partial charge in [-0.1, -0.05) is 19.3 Å². The van der Waals surface area contributed by atoms with Crippen LogP contribution < -0.4 is 5.73 Å². The smallest absolute Gasteiger partial charge is 0.310 e. The molecule has 2 rings (SSSR count). The van der Waals surface area contributed by atoms with Gasteiger partial charge in [0.05, 0.1) is 5.92 Å². The molecule has 1 amide bonds. The van der Waals surface area contributed by atoms with Crippen molar-refractivity contribution in [2.75, 3.05) is 19.6 Å². The monoisotopic (exact) mass is 254 g/mol. The fourth-order valence-corrected chi connectivity index (χ4v) is 3.03. The van der Waals surface area contributed by atoms with E-state index in [1.54, 1.807) is 4.90 Å². The summed E-state index contributed by atoms with van der Waals surface area (Å²) in [7, 11) is 0. The van der Waals surface area contributed by atoms with Crippen LogP contribution >= 0.6 is 0 Å². The molecule has 1 heterocycles. The van der Waals surface area contributed by atoms with Crippen LogP contribution in [0.5, 0.6) is 0 Å². The third-order valence-corrected chi connectivity index (χ3v) is 4.46. The van der Waals surface area contributed by atoms with Gasteiger partial charge < -0.3 is 15.7 Å². The van der Waals surface area contributed by atoms with Crippen molar-refractivity contribution in [2.45, 2.75) is 38.5 Å². The maximum atomic E-state index is 12.1. The summed E-state index contributed by atoms with van der Waals surface area (Å²) in [5, 5.41) is 8.79. The van der Waals surface area contributed by atoms with Crippen molar-refractivity contribution in [1.82, 2.24) is 4.90 Å². The van der Waals surface area contributed by atoms with Crippen molar-refractivity contribution < 1.29 is 14.7 Å². The second kappa shape index (κ2) is 5.26. The highest BCUT2D eigenvalue weighted by Crippen LogP contribution is 2.39.